The van der Waals surface area contributed by atoms with E-state index in [1.165, 1.54) is 18.2 Å². The quantitative estimate of drug-likeness (QED) is 0.103. The molecular weight excluding hydrogens is 560 g/mol. The van der Waals surface area contributed by atoms with Gasteiger partial charge in [0.2, 0.25) is 0 Å². The summed E-state index contributed by atoms with van der Waals surface area (Å²) in [5, 5.41) is 0. The molecule has 0 aliphatic carbocycles. The van der Waals surface area contributed by atoms with E-state index in [0.29, 0.717) is 29.5 Å². The Balaban J connectivity index is 0.000000836. The molecular formula is C36H40O8. The number of rotatable bonds is 10. The lowest BCUT2D eigenvalue weighted by atomic mass is 9.99. The number of allylic oxidation sites excluding steroid dienone is 5. The number of esters is 1. The Morgan fingerprint density at radius 3 is 1.43 bits per heavy atom. The van der Waals surface area contributed by atoms with Crippen molar-refractivity contribution in [2.24, 2.45) is 0 Å². The van der Waals surface area contributed by atoms with Gasteiger partial charge in [0.15, 0.2) is 0 Å². The SMILES string of the molecule is C/C=C(\C)C(=O)Oc1cc(-c2ccc(OC)cc2)ccc1/C(C)=C/C=O.C=CC=O.C=CC=O.COc1ccc(OC)cc1. The summed E-state index contributed by atoms with van der Waals surface area (Å²) >= 11 is 0. The maximum absolute atomic E-state index is 12.2. The van der Waals surface area contributed by atoms with E-state index in [0.717, 1.165) is 40.2 Å². The molecule has 0 amide bonds. The van der Waals surface area contributed by atoms with Crippen LogP contribution < -0.4 is 18.9 Å². The normalized spacial score (nSPS) is 9.95. The first kappa shape index (κ1) is 38.5. The van der Waals surface area contributed by atoms with Crippen LogP contribution in [0.25, 0.3) is 16.7 Å². The highest BCUT2D eigenvalue weighted by Crippen LogP contribution is 2.32. The molecule has 0 fully saturated rings. The fourth-order valence-electron chi connectivity index (χ4n) is 3.10. The minimum absolute atomic E-state index is 0.417. The van der Waals surface area contributed by atoms with Crippen molar-refractivity contribution in [1.82, 2.24) is 0 Å². The fraction of sp³-hybridized carbons (Fsp3) is 0.167. The van der Waals surface area contributed by atoms with Crippen molar-refractivity contribution in [3.8, 4) is 34.1 Å². The molecule has 0 radical (unpaired) electrons. The molecule has 0 aliphatic rings. The van der Waals surface area contributed by atoms with Crippen LogP contribution in [0.2, 0.25) is 0 Å². The maximum Gasteiger partial charge on any atom is 0.338 e. The second-order valence-electron chi connectivity index (χ2n) is 8.41. The Bertz CT molecular complexity index is 1350. The number of benzene rings is 3. The van der Waals surface area contributed by atoms with Crippen molar-refractivity contribution < 1.29 is 38.1 Å². The van der Waals surface area contributed by atoms with Crippen LogP contribution in [0.1, 0.15) is 26.3 Å². The molecule has 0 saturated carbocycles. The van der Waals surface area contributed by atoms with E-state index >= 15 is 0 Å². The second-order valence-corrected chi connectivity index (χ2v) is 8.41. The highest BCUT2D eigenvalue weighted by atomic mass is 16.5. The predicted octanol–water partition coefficient (Wildman–Crippen LogP) is 7.28. The molecule has 0 unspecified atom stereocenters. The highest BCUT2D eigenvalue weighted by molar-refractivity contribution is 5.91. The van der Waals surface area contributed by atoms with Crippen LogP contribution in [-0.4, -0.2) is 46.2 Å². The molecule has 44 heavy (non-hydrogen) atoms. The zero-order valence-corrected chi connectivity index (χ0v) is 26.1. The molecule has 3 rings (SSSR count). The molecule has 232 valence electrons. The van der Waals surface area contributed by atoms with Crippen molar-refractivity contribution in [2.75, 3.05) is 21.3 Å². The van der Waals surface area contributed by atoms with Crippen molar-refractivity contribution in [3.63, 3.8) is 0 Å². The van der Waals surface area contributed by atoms with E-state index in [2.05, 4.69) is 13.2 Å². The van der Waals surface area contributed by atoms with Gasteiger partial charge < -0.3 is 18.9 Å². The maximum atomic E-state index is 12.2. The first-order valence-corrected chi connectivity index (χ1v) is 13.3. The van der Waals surface area contributed by atoms with E-state index in [-0.39, 0.29) is 0 Å². The number of hydrogen-bond donors (Lipinski definition) is 0. The Morgan fingerprint density at radius 1 is 0.659 bits per heavy atom. The van der Waals surface area contributed by atoms with Crippen LogP contribution in [0.5, 0.6) is 23.0 Å². The van der Waals surface area contributed by atoms with Crippen LogP contribution >= 0.6 is 0 Å². The van der Waals surface area contributed by atoms with Gasteiger partial charge in [0, 0.05) is 11.1 Å². The summed E-state index contributed by atoms with van der Waals surface area (Å²) in [4.78, 5) is 41.1. The molecule has 8 heteroatoms. The largest absolute Gasteiger partial charge is 0.497 e. The van der Waals surface area contributed by atoms with E-state index in [4.69, 9.17) is 28.5 Å². The molecule has 0 spiro atoms. The summed E-state index contributed by atoms with van der Waals surface area (Å²) in [6.45, 7) is 11.5. The smallest absolute Gasteiger partial charge is 0.338 e. The fourth-order valence-corrected chi connectivity index (χ4v) is 3.10. The molecule has 0 saturated heterocycles. The molecule has 0 N–H and O–H groups in total. The van der Waals surface area contributed by atoms with Gasteiger partial charge in [0.25, 0.3) is 0 Å². The molecule has 3 aromatic carbocycles. The molecule has 0 aromatic heterocycles. The third kappa shape index (κ3) is 14.4. The minimum atomic E-state index is -0.417. The van der Waals surface area contributed by atoms with Gasteiger partial charge in [0.05, 0.1) is 21.3 Å². The minimum Gasteiger partial charge on any atom is -0.497 e. The number of aldehydes is 3. The second kappa shape index (κ2) is 23.1. The summed E-state index contributed by atoms with van der Waals surface area (Å²) in [7, 11) is 4.90. The number of hydrogen-bond acceptors (Lipinski definition) is 8. The standard InChI is InChI=1S/C22H22O4.C8H10O2.2C3H4O/c1-5-15(2)22(24)26-21-14-18(8-11-20(21)16(3)12-13-23)17-6-9-19(25-4)10-7-17;1-9-7-3-5-8(10-2)6-4-7;2*1-2-3-4/h5-14H,1-4H3;3-6H,1-2H3;2*2-3H,1H2/b15-5+,16-12+;;;. The van der Waals surface area contributed by atoms with E-state index in [9.17, 15) is 9.59 Å². The number of carbonyl (C=O) groups is 4. The van der Waals surface area contributed by atoms with Crippen molar-refractivity contribution in [3.05, 3.63) is 115 Å². The first-order chi connectivity index (χ1) is 21.2. The Hall–Kier alpha value is -5.50. The van der Waals surface area contributed by atoms with Crippen LogP contribution in [-0.2, 0) is 19.2 Å². The van der Waals surface area contributed by atoms with Crippen molar-refractivity contribution in [2.45, 2.75) is 20.8 Å². The van der Waals surface area contributed by atoms with Crippen molar-refractivity contribution in [1.29, 1.82) is 0 Å². The molecule has 0 aliphatic heterocycles. The van der Waals surface area contributed by atoms with Gasteiger partial charge in [-0.2, -0.15) is 0 Å². The summed E-state index contributed by atoms with van der Waals surface area (Å²) in [6.07, 6.45) is 7.53. The van der Waals surface area contributed by atoms with Crippen LogP contribution in [0.4, 0.5) is 0 Å². The lowest BCUT2D eigenvalue weighted by molar-refractivity contribution is -0.130. The number of ether oxygens (including phenoxy) is 4. The van der Waals surface area contributed by atoms with Crippen LogP contribution in [0, 0.1) is 0 Å². The van der Waals surface area contributed by atoms with Crippen LogP contribution in [0.3, 0.4) is 0 Å². The molecule has 0 heterocycles. The Kier molecular flexibility index (Phi) is 20.2. The third-order valence-corrected chi connectivity index (χ3v) is 5.59. The van der Waals surface area contributed by atoms with E-state index in [1.54, 1.807) is 54.2 Å². The summed E-state index contributed by atoms with van der Waals surface area (Å²) < 4.78 is 20.7. The average Bonchev–Trinajstić information content (AvgIpc) is 3.08. The average molecular weight is 601 g/mol. The number of carbonyl (C=O) groups excluding carboxylic acids is 4. The highest BCUT2D eigenvalue weighted by Gasteiger charge is 2.13. The third-order valence-electron chi connectivity index (χ3n) is 5.59. The Morgan fingerprint density at radius 2 is 1.07 bits per heavy atom. The van der Waals surface area contributed by atoms with Crippen molar-refractivity contribution >= 4 is 30.4 Å². The van der Waals surface area contributed by atoms with Gasteiger partial charge >= 0.3 is 5.97 Å². The van der Waals surface area contributed by atoms with Crippen LogP contribution in [0.15, 0.2) is 110 Å². The summed E-state index contributed by atoms with van der Waals surface area (Å²) in [5.41, 5.74) is 3.81. The molecule has 8 nitrogen and oxygen atoms in total. The lowest BCUT2D eigenvalue weighted by Crippen LogP contribution is -2.10. The van der Waals surface area contributed by atoms with Gasteiger partial charge in [-0.25, -0.2) is 4.79 Å². The molecule has 3 aromatic rings. The Labute approximate surface area is 259 Å². The van der Waals surface area contributed by atoms with E-state index < -0.39 is 5.97 Å². The van der Waals surface area contributed by atoms with Gasteiger partial charge in [-0.05, 0) is 98.2 Å². The monoisotopic (exact) mass is 600 g/mol. The zero-order chi connectivity index (χ0) is 33.3. The first-order valence-electron chi connectivity index (χ1n) is 13.3. The van der Waals surface area contributed by atoms with Gasteiger partial charge in [-0.3, -0.25) is 14.4 Å². The lowest BCUT2D eigenvalue weighted by Gasteiger charge is -2.13. The molecule has 0 atom stereocenters. The van der Waals surface area contributed by atoms with Gasteiger partial charge in [-0.1, -0.05) is 43.5 Å². The van der Waals surface area contributed by atoms with Gasteiger partial charge in [-0.15, -0.1) is 0 Å². The molecule has 0 bridgehead atoms. The summed E-state index contributed by atoms with van der Waals surface area (Å²) in [5.74, 6) is 2.46. The van der Waals surface area contributed by atoms with Gasteiger partial charge in [0.1, 0.15) is 41.9 Å². The summed E-state index contributed by atoms with van der Waals surface area (Å²) in [6, 6.07) is 20.6. The predicted molar refractivity (Wildman–Crippen MR) is 175 cm³/mol. The topological polar surface area (TPSA) is 105 Å². The van der Waals surface area contributed by atoms with E-state index in [1.807, 2.05) is 60.7 Å². The zero-order valence-electron chi connectivity index (χ0n) is 26.1. The number of methoxy groups -OCH3 is 3.